The summed E-state index contributed by atoms with van der Waals surface area (Å²) < 4.78 is 21.0. The van der Waals surface area contributed by atoms with Crippen molar-refractivity contribution in [1.82, 2.24) is 19.3 Å². The van der Waals surface area contributed by atoms with Crippen molar-refractivity contribution in [3.8, 4) is 0 Å². The highest BCUT2D eigenvalue weighted by atomic mass is 19.1. The standard InChI is InChI=1S/C19H21FN4O/c1-13-9-14(2)24-11-17(22-19(24)21-13)10-23-7-8-25-18(12-23)15-3-5-16(20)6-4-15/h3-6,9,11,18H,7-8,10,12H2,1-2H3/t18-/m1/s1. The summed E-state index contributed by atoms with van der Waals surface area (Å²) in [5.74, 6) is 0.523. The molecule has 1 fully saturated rings. The minimum Gasteiger partial charge on any atom is -0.371 e. The molecule has 0 amide bonds. The van der Waals surface area contributed by atoms with Crippen LogP contribution in [0.1, 0.15) is 28.7 Å². The molecule has 25 heavy (non-hydrogen) atoms. The van der Waals surface area contributed by atoms with Crippen molar-refractivity contribution in [2.24, 2.45) is 0 Å². The van der Waals surface area contributed by atoms with Gasteiger partial charge in [0, 0.05) is 37.2 Å². The van der Waals surface area contributed by atoms with E-state index in [-0.39, 0.29) is 11.9 Å². The summed E-state index contributed by atoms with van der Waals surface area (Å²) in [5.41, 5.74) is 4.12. The van der Waals surface area contributed by atoms with Gasteiger partial charge in [0.2, 0.25) is 5.78 Å². The van der Waals surface area contributed by atoms with Gasteiger partial charge in [-0.1, -0.05) is 12.1 Å². The number of fused-ring (bicyclic) bond motifs is 1. The molecular formula is C19H21FN4O. The van der Waals surface area contributed by atoms with Gasteiger partial charge in [-0.25, -0.2) is 14.4 Å². The third-order valence-corrected chi connectivity index (χ3v) is 4.59. The fraction of sp³-hybridized carbons (Fsp3) is 0.368. The molecule has 1 atom stereocenters. The molecule has 6 heteroatoms. The SMILES string of the molecule is Cc1cc(C)n2cc(CN3CCO[C@@H](c4ccc(F)cc4)C3)nc2n1. The van der Waals surface area contributed by atoms with E-state index in [9.17, 15) is 4.39 Å². The van der Waals surface area contributed by atoms with Crippen LogP contribution in [-0.4, -0.2) is 39.0 Å². The second kappa shape index (κ2) is 6.54. The van der Waals surface area contributed by atoms with Crippen LogP contribution in [0.3, 0.4) is 0 Å². The molecule has 0 bridgehead atoms. The van der Waals surface area contributed by atoms with E-state index in [0.29, 0.717) is 6.61 Å². The van der Waals surface area contributed by atoms with E-state index < -0.39 is 0 Å². The summed E-state index contributed by atoms with van der Waals surface area (Å²) in [6.45, 7) is 7.08. The Bertz CT molecular complexity index is 890. The van der Waals surface area contributed by atoms with Crippen LogP contribution >= 0.6 is 0 Å². The average molecular weight is 340 g/mol. The molecule has 3 heterocycles. The lowest BCUT2D eigenvalue weighted by atomic mass is 10.1. The molecule has 3 aromatic rings. The summed E-state index contributed by atoms with van der Waals surface area (Å²) in [4.78, 5) is 11.5. The molecular weight excluding hydrogens is 319 g/mol. The molecule has 0 aliphatic carbocycles. The molecule has 1 saturated heterocycles. The number of benzene rings is 1. The number of morpholine rings is 1. The van der Waals surface area contributed by atoms with E-state index in [1.165, 1.54) is 12.1 Å². The van der Waals surface area contributed by atoms with Gasteiger partial charge in [-0.3, -0.25) is 9.30 Å². The maximum Gasteiger partial charge on any atom is 0.234 e. The van der Waals surface area contributed by atoms with Crippen molar-refractivity contribution >= 4 is 5.78 Å². The third-order valence-electron chi connectivity index (χ3n) is 4.59. The zero-order chi connectivity index (χ0) is 17.4. The molecule has 130 valence electrons. The van der Waals surface area contributed by atoms with Gasteiger partial charge in [0.1, 0.15) is 5.82 Å². The molecule has 0 unspecified atom stereocenters. The van der Waals surface area contributed by atoms with Crippen LogP contribution in [-0.2, 0) is 11.3 Å². The predicted molar refractivity (Wildman–Crippen MR) is 92.8 cm³/mol. The van der Waals surface area contributed by atoms with Crippen LogP contribution in [0.2, 0.25) is 0 Å². The summed E-state index contributed by atoms with van der Waals surface area (Å²) in [6.07, 6.45) is 2.02. The van der Waals surface area contributed by atoms with Crippen LogP contribution in [0.15, 0.2) is 36.5 Å². The Morgan fingerprint density at radius 1 is 1.20 bits per heavy atom. The Labute approximate surface area is 146 Å². The first-order chi connectivity index (χ1) is 12.1. The number of hydrogen-bond donors (Lipinski definition) is 0. The second-order valence-corrected chi connectivity index (χ2v) is 6.59. The van der Waals surface area contributed by atoms with Gasteiger partial charge in [-0.15, -0.1) is 0 Å². The van der Waals surface area contributed by atoms with Gasteiger partial charge >= 0.3 is 0 Å². The van der Waals surface area contributed by atoms with E-state index in [2.05, 4.69) is 34.1 Å². The number of ether oxygens (including phenoxy) is 1. The van der Waals surface area contributed by atoms with Gasteiger partial charge in [0.05, 0.1) is 18.4 Å². The van der Waals surface area contributed by atoms with Gasteiger partial charge in [0.25, 0.3) is 0 Å². The molecule has 0 radical (unpaired) electrons. The van der Waals surface area contributed by atoms with Crippen molar-refractivity contribution in [3.05, 3.63) is 65.0 Å². The zero-order valence-corrected chi connectivity index (χ0v) is 14.4. The molecule has 1 aliphatic heterocycles. The first kappa shape index (κ1) is 16.2. The van der Waals surface area contributed by atoms with E-state index in [4.69, 9.17) is 4.74 Å². The van der Waals surface area contributed by atoms with Gasteiger partial charge in [-0.05, 0) is 37.6 Å². The minimum absolute atomic E-state index is 0.0338. The Morgan fingerprint density at radius 3 is 2.80 bits per heavy atom. The smallest absolute Gasteiger partial charge is 0.234 e. The first-order valence-electron chi connectivity index (χ1n) is 8.50. The van der Waals surface area contributed by atoms with Crippen LogP contribution in [0.25, 0.3) is 5.78 Å². The van der Waals surface area contributed by atoms with Crippen LogP contribution in [0.4, 0.5) is 4.39 Å². The van der Waals surface area contributed by atoms with Crippen molar-refractivity contribution in [2.75, 3.05) is 19.7 Å². The molecule has 4 rings (SSSR count). The van der Waals surface area contributed by atoms with E-state index in [1.807, 2.05) is 11.3 Å². The van der Waals surface area contributed by atoms with Crippen molar-refractivity contribution < 1.29 is 9.13 Å². The lowest BCUT2D eigenvalue weighted by Gasteiger charge is -2.32. The fourth-order valence-corrected chi connectivity index (χ4v) is 3.35. The normalized spacial score (nSPS) is 18.8. The number of aryl methyl sites for hydroxylation is 2. The summed E-state index contributed by atoms with van der Waals surface area (Å²) in [6, 6.07) is 8.61. The monoisotopic (exact) mass is 340 g/mol. The highest BCUT2D eigenvalue weighted by molar-refractivity contribution is 5.34. The Kier molecular flexibility index (Phi) is 4.23. The summed E-state index contributed by atoms with van der Waals surface area (Å²) in [5, 5.41) is 0. The van der Waals surface area contributed by atoms with E-state index in [0.717, 1.165) is 48.1 Å². The molecule has 2 aromatic heterocycles. The molecule has 1 aromatic carbocycles. The van der Waals surface area contributed by atoms with Gasteiger partial charge < -0.3 is 4.74 Å². The van der Waals surface area contributed by atoms with Gasteiger partial charge in [0.15, 0.2) is 0 Å². The number of hydrogen-bond acceptors (Lipinski definition) is 4. The van der Waals surface area contributed by atoms with Gasteiger partial charge in [-0.2, -0.15) is 0 Å². The number of imidazole rings is 1. The quantitative estimate of drug-likeness (QED) is 0.735. The minimum atomic E-state index is -0.223. The highest BCUT2D eigenvalue weighted by Crippen LogP contribution is 2.23. The molecule has 5 nitrogen and oxygen atoms in total. The van der Waals surface area contributed by atoms with Crippen LogP contribution in [0.5, 0.6) is 0 Å². The number of nitrogens with zero attached hydrogens (tertiary/aromatic N) is 4. The fourth-order valence-electron chi connectivity index (χ4n) is 3.35. The molecule has 0 N–H and O–H groups in total. The lowest BCUT2D eigenvalue weighted by molar-refractivity contribution is -0.0332. The lowest BCUT2D eigenvalue weighted by Crippen LogP contribution is -2.37. The van der Waals surface area contributed by atoms with Crippen molar-refractivity contribution in [1.29, 1.82) is 0 Å². The summed E-state index contributed by atoms with van der Waals surface area (Å²) in [7, 11) is 0. The first-order valence-corrected chi connectivity index (χ1v) is 8.50. The molecule has 1 aliphatic rings. The average Bonchev–Trinajstić information content (AvgIpc) is 2.98. The largest absolute Gasteiger partial charge is 0.371 e. The maximum atomic E-state index is 13.1. The molecule has 0 saturated carbocycles. The third kappa shape index (κ3) is 3.41. The second-order valence-electron chi connectivity index (χ2n) is 6.59. The van der Waals surface area contributed by atoms with E-state index in [1.54, 1.807) is 12.1 Å². The maximum absolute atomic E-state index is 13.1. The topological polar surface area (TPSA) is 42.7 Å². The van der Waals surface area contributed by atoms with E-state index >= 15 is 0 Å². The number of halogens is 1. The predicted octanol–water partition coefficient (Wildman–Crippen LogP) is 3.06. The number of rotatable bonds is 3. The Balaban J connectivity index is 1.50. The summed E-state index contributed by atoms with van der Waals surface area (Å²) >= 11 is 0. The van der Waals surface area contributed by atoms with Crippen molar-refractivity contribution in [3.63, 3.8) is 0 Å². The molecule has 0 spiro atoms. The van der Waals surface area contributed by atoms with Crippen LogP contribution in [0, 0.1) is 19.7 Å². The highest BCUT2D eigenvalue weighted by Gasteiger charge is 2.23. The van der Waals surface area contributed by atoms with Crippen LogP contribution < -0.4 is 0 Å². The number of aromatic nitrogens is 3. The zero-order valence-electron chi connectivity index (χ0n) is 14.4. The van der Waals surface area contributed by atoms with Crippen molar-refractivity contribution in [2.45, 2.75) is 26.5 Å². The Hall–Kier alpha value is -2.31. The Morgan fingerprint density at radius 2 is 2.00 bits per heavy atom.